The molecule has 2 aromatic rings. The lowest BCUT2D eigenvalue weighted by molar-refractivity contribution is 0.0945. The third-order valence-corrected chi connectivity index (χ3v) is 4.53. The number of benzene rings is 2. The highest BCUT2D eigenvalue weighted by molar-refractivity contribution is 7.89. The minimum Gasteiger partial charge on any atom is -0.493 e. The summed E-state index contributed by atoms with van der Waals surface area (Å²) in [5, 5.41) is 0.366. The number of ether oxygens (including phenoxy) is 2. The van der Waals surface area contributed by atoms with Crippen LogP contribution in [0.4, 0.5) is 0 Å². The molecule has 7 nitrogen and oxygen atoms in total. The first-order valence-electron chi connectivity index (χ1n) is 6.67. The minimum absolute atomic E-state index is 0.0912. The summed E-state index contributed by atoms with van der Waals surface area (Å²) in [7, 11) is -1.15. The third kappa shape index (κ3) is 4.16. The molecule has 0 aliphatic rings. The molecule has 2 N–H and O–H groups in total. The number of sulfonamides is 1. The van der Waals surface area contributed by atoms with Crippen molar-refractivity contribution < 1.29 is 22.7 Å². The van der Waals surface area contributed by atoms with Crippen LogP contribution in [-0.2, 0) is 10.0 Å². The molecule has 24 heavy (non-hydrogen) atoms. The highest BCUT2D eigenvalue weighted by Crippen LogP contribution is 2.29. The van der Waals surface area contributed by atoms with Crippen LogP contribution < -0.4 is 19.7 Å². The van der Waals surface area contributed by atoms with Gasteiger partial charge in [0.05, 0.1) is 19.1 Å². The zero-order valence-corrected chi connectivity index (χ0v) is 14.4. The molecule has 2 rings (SSSR count). The Bertz CT molecular complexity index is 855. The molecule has 0 aromatic heterocycles. The zero-order valence-electron chi connectivity index (χ0n) is 12.9. The first kappa shape index (κ1) is 18.1. The number of hydrogen-bond donors (Lipinski definition) is 2. The SMILES string of the molecule is COc1ccc(S(=O)(=O)NNC(=O)c2cccc(Cl)c2)cc1OC. The molecule has 128 valence electrons. The summed E-state index contributed by atoms with van der Waals surface area (Å²) in [5.74, 6) is 0.00232. The lowest BCUT2D eigenvalue weighted by atomic mass is 10.2. The summed E-state index contributed by atoms with van der Waals surface area (Å²) < 4.78 is 34.6. The Kier molecular flexibility index (Phi) is 5.66. The normalized spacial score (nSPS) is 11.0. The van der Waals surface area contributed by atoms with Gasteiger partial charge in [-0.2, -0.15) is 0 Å². The summed E-state index contributed by atoms with van der Waals surface area (Å²) in [6, 6.07) is 10.2. The van der Waals surface area contributed by atoms with Gasteiger partial charge in [0.15, 0.2) is 11.5 Å². The predicted octanol–water partition coefficient (Wildman–Crippen LogP) is 1.98. The molecule has 0 bridgehead atoms. The van der Waals surface area contributed by atoms with Gasteiger partial charge < -0.3 is 9.47 Å². The lowest BCUT2D eigenvalue weighted by Crippen LogP contribution is -2.41. The monoisotopic (exact) mass is 370 g/mol. The zero-order chi connectivity index (χ0) is 17.7. The molecule has 0 spiro atoms. The van der Waals surface area contributed by atoms with Crippen molar-refractivity contribution in [3.8, 4) is 11.5 Å². The summed E-state index contributed by atoms with van der Waals surface area (Å²) in [5.41, 5.74) is 2.34. The molecule has 2 aromatic carbocycles. The maximum absolute atomic E-state index is 12.3. The van der Waals surface area contributed by atoms with Crippen LogP contribution in [0.25, 0.3) is 0 Å². The number of rotatable bonds is 6. The van der Waals surface area contributed by atoms with E-state index in [9.17, 15) is 13.2 Å². The van der Waals surface area contributed by atoms with Crippen molar-refractivity contribution in [2.24, 2.45) is 0 Å². The molecule has 0 aliphatic heterocycles. The molecule has 1 amide bonds. The van der Waals surface area contributed by atoms with Crippen LogP contribution in [0.1, 0.15) is 10.4 Å². The van der Waals surface area contributed by atoms with Crippen LogP contribution in [0.5, 0.6) is 11.5 Å². The highest BCUT2D eigenvalue weighted by Gasteiger charge is 2.18. The van der Waals surface area contributed by atoms with Gasteiger partial charge in [0.25, 0.3) is 15.9 Å². The van der Waals surface area contributed by atoms with E-state index >= 15 is 0 Å². The van der Waals surface area contributed by atoms with Gasteiger partial charge in [-0.1, -0.05) is 17.7 Å². The fourth-order valence-electron chi connectivity index (χ4n) is 1.86. The van der Waals surface area contributed by atoms with E-state index in [4.69, 9.17) is 21.1 Å². The molecule has 0 aliphatic carbocycles. The summed E-state index contributed by atoms with van der Waals surface area (Å²) in [6.45, 7) is 0. The van der Waals surface area contributed by atoms with Gasteiger partial charge in [0.1, 0.15) is 0 Å². The van der Waals surface area contributed by atoms with Gasteiger partial charge in [-0.3, -0.25) is 10.2 Å². The first-order valence-corrected chi connectivity index (χ1v) is 8.53. The predicted molar refractivity (Wildman–Crippen MR) is 88.8 cm³/mol. The molecule has 9 heteroatoms. The van der Waals surface area contributed by atoms with Crippen LogP contribution in [0.3, 0.4) is 0 Å². The summed E-state index contributed by atoms with van der Waals surface area (Å²) >= 11 is 5.79. The number of nitrogens with one attached hydrogen (secondary N) is 2. The average molecular weight is 371 g/mol. The van der Waals surface area contributed by atoms with Crippen LogP contribution in [0.2, 0.25) is 5.02 Å². The summed E-state index contributed by atoms with van der Waals surface area (Å²) in [6.07, 6.45) is 0. The number of amides is 1. The Hall–Kier alpha value is -2.29. The van der Waals surface area contributed by atoms with Crippen LogP contribution in [0, 0.1) is 0 Å². The fraction of sp³-hybridized carbons (Fsp3) is 0.133. The number of hydrogen-bond acceptors (Lipinski definition) is 5. The number of carbonyl (C=O) groups excluding carboxylic acids is 1. The van der Waals surface area contributed by atoms with Gasteiger partial charge in [-0.05, 0) is 30.3 Å². The highest BCUT2D eigenvalue weighted by atomic mass is 35.5. The van der Waals surface area contributed by atoms with Crippen molar-refractivity contribution in [2.45, 2.75) is 4.90 Å². The van der Waals surface area contributed by atoms with E-state index in [1.165, 1.54) is 44.6 Å². The average Bonchev–Trinajstić information content (AvgIpc) is 2.59. The minimum atomic E-state index is -3.98. The standard InChI is InChI=1S/C15H15ClN2O5S/c1-22-13-7-6-12(9-14(13)23-2)24(20,21)18-17-15(19)10-4-3-5-11(16)8-10/h3-9,18H,1-2H3,(H,17,19). The van der Waals surface area contributed by atoms with Crippen molar-refractivity contribution >= 4 is 27.5 Å². The number of carbonyl (C=O) groups is 1. The Balaban J connectivity index is 2.15. The maximum Gasteiger partial charge on any atom is 0.266 e. The second-order valence-corrected chi connectivity index (χ2v) is 6.71. The molecule has 0 saturated heterocycles. The smallest absolute Gasteiger partial charge is 0.266 e. The van der Waals surface area contributed by atoms with Gasteiger partial charge in [0.2, 0.25) is 0 Å². The maximum atomic E-state index is 12.3. The lowest BCUT2D eigenvalue weighted by Gasteiger charge is -2.11. The molecule has 0 unspecified atom stereocenters. The van der Waals surface area contributed by atoms with E-state index in [1.807, 2.05) is 4.83 Å². The van der Waals surface area contributed by atoms with Crippen molar-refractivity contribution in [3.63, 3.8) is 0 Å². The largest absolute Gasteiger partial charge is 0.493 e. The van der Waals surface area contributed by atoms with E-state index in [0.29, 0.717) is 10.8 Å². The van der Waals surface area contributed by atoms with Gasteiger partial charge in [0, 0.05) is 16.7 Å². The van der Waals surface area contributed by atoms with Crippen LogP contribution in [-0.4, -0.2) is 28.5 Å². The van der Waals surface area contributed by atoms with Gasteiger partial charge >= 0.3 is 0 Å². The topological polar surface area (TPSA) is 93.7 Å². The van der Waals surface area contributed by atoms with Crippen molar-refractivity contribution in [3.05, 3.63) is 53.1 Å². The second-order valence-electron chi connectivity index (χ2n) is 4.59. The molecular formula is C15H15ClN2O5S. The van der Waals surface area contributed by atoms with Gasteiger partial charge in [-0.25, -0.2) is 8.42 Å². The molecule has 0 fully saturated rings. The number of hydrazine groups is 1. The molecule has 0 heterocycles. The van der Waals surface area contributed by atoms with Crippen molar-refractivity contribution in [1.82, 2.24) is 10.3 Å². The Morgan fingerprint density at radius 1 is 1.04 bits per heavy atom. The van der Waals surface area contributed by atoms with Crippen molar-refractivity contribution in [1.29, 1.82) is 0 Å². The Morgan fingerprint density at radius 2 is 1.75 bits per heavy atom. The molecule has 0 atom stereocenters. The first-order chi connectivity index (χ1) is 11.4. The Morgan fingerprint density at radius 3 is 2.38 bits per heavy atom. The Labute approximate surface area is 144 Å². The third-order valence-electron chi connectivity index (χ3n) is 3.05. The second kappa shape index (κ2) is 7.52. The van der Waals surface area contributed by atoms with Crippen LogP contribution in [0.15, 0.2) is 47.4 Å². The fourth-order valence-corrected chi connectivity index (χ4v) is 2.90. The summed E-state index contributed by atoms with van der Waals surface area (Å²) in [4.78, 5) is 13.9. The van der Waals surface area contributed by atoms with E-state index in [2.05, 4.69) is 5.43 Å². The molecular weight excluding hydrogens is 356 g/mol. The van der Waals surface area contributed by atoms with E-state index < -0.39 is 15.9 Å². The van der Waals surface area contributed by atoms with E-state index in [0.717, 1.165) is 0 Å². The van der Waals surface area contributed by atoms with Crippen LogP contribution >= 0.6 is 11.6 Å². The van der Waals surface area contributed by atoms with E-state index in [-0.39, 0.29) is 16.2 Å². The molecule has 0 saturated carbocycles. The van der Waals surface area contributed by atoms with Gasteiger partial charge in [-0.15, -0.1) is 4.83 Å². The number of halogens is 1. The number of methoxy groups -OCH3 is 2. The molecule has 0 radical (unpaired) electrons. The van der Waals surface area contributed by atoms with Crippen molar-refractivity contribution in [2.75, 3.05) is 14.2 Å². The van der Waals surface area contributed by atoms with E-state index in [1.54, 1.807) is 12.1 Å². The quantitative estimate of drug-likeness (QED) is 0.758.